The van der Waals surface area contributed by atoms with Gasteiger partial charge in [0.1, 0.15) is 17.5 Å². The van der Waals surface area contributed by atoms with Gasteiger partial charge >= 0.3 is 6.01 Å². The minimum Gasteiger partial charge on any atom is -0.424 e. The zero-order valence-corrected chi connectivity index (χ0v) is 11.0. The molecule has 0 aliphatic rings. The molecule has 0 spiro atoms. The van der Waals surface area contributed by atoms with Crippen LogP contribution in [0.5, 0.6) is 11.8 Å². The highest BCUT2D eigenvalue weighted by molar-refractivity contribution is 5.57. The van der Waals surface area contributed by atoms with Crippen LogP contribution in [0.3, 0.4) is 0 Å². The monoisotopic (exact) mass is 274 g/mol. The Balaban J connectivity index is 1.82. The third-order valence-electron chi connectivity index (χ3n) is 2.74. The van der Waals surface area contributed by atoms with E-state index in [0.29, 0.717) is 17.1 Å². The largest absolute Gasteiger partial charge is 0.424 e. The van der Waals surface area contributed by atoms with Crippen molar-refractivity contribution in [3.05, 3.63) is 66.6 Å². The second-order valence-corrected chi connectivity index (χ2v) is 4.19. The van der Waals surface area contributed by atoms with Gasteiger partial charge in [-0.25, -0.2) is 15.0 Å². The molecule has 0 aliphatic carbocycles. The molecule has 2 heterocycles. The number of pyridine rings is 1. The first-order valence-corrected chi connectivity index (χ1v) is 6.27. The topological polar surface area (TPSA) is 71.7 Å². The molecule has 3 rings (SSSR count). The molecule has 2 aromatic heterocycles. The maximum atomic E-state index is 8.85. The minimum atomic E-state index is 0.265. The maximum absolute atomic E-state index is 8.85. The summed E-state index contributed by atoms with van der Waals surface area (Å²) in [5.74, 6) is 0.676. The number of benzene rings is 1. The molecule has 0 aliphatic heterocycles. The second kappa shape index (κ2) is 5.80. The maximum Gasteiger partial charge on any atom is 0.321 e. The van der Waals surface area contributed by atoms with Gasteiger partial charge in [-0.3, -0.25) is 0 Å². The van der Waals surface area contributed by atoms with Crippen LogP contribution >= 0.6 is 0 Å². The van der Waals surface area contributed by atoms with Gasteiger partial charge in [-0.15, -0.1) is 0 Å². The number of ether oxygens (including phenoxy) is 1. The lowest BCUT2D eigenvalue weighted by Gasteiger charge is -2.04. The van der Waals surface area contributed by atoms with Crippen LogP contribution in [0.1, 0.15) is 5.69 Å². The Kier molecular flexibility index (Phi) is 3.52. The first kappa shape index (κ1) is 12.8. The van der Waals surface area contributed by atoms with Crippen molar-refractivity contribution in [2.75, 3.05) is 0 Å². The normalized spacial score (nSPS) is 9.86. The summed E-state index contributed by atoms with van der Waals surface area (Å²) >= 11 is 0. The van der Waals surface area contributed by atoms with Crippen molar-refractivity contribution in [3.63, 3.8) is 0 Å². The van der Waals surface area contributed by atoms with Crippen molar-refractivity contribution in [2.45, 2.75) is 0 Å². The van der Waals surface area contributed by atoms with Crippen LogP contribution in [0.4, 0.5) is 0 Å². The van der Waals surface area contributed by atoms with Crippen LogP contribution in [0, 0.1) is 11.3 Å². The first-order valence-electron chi connectivity index (χ1n) is 6.27. The van der Waals surface area contributed by atoms with Crippen molar-refractivity contribution < 1.29 is 4.74 Å². The van der Waals surface area contributed by atoms with E-state index in [9.17, 15) is 0 Å². The number of aromatic nitrogens is 3. The van der Waals surface area contributed by atoms with Gasteiger partial charge in [-0.2, -0.15) is 5.26 Å². The Morgan fingerprint density at radius 3 is 2.38 bits per heavy atom. The number of hydrogen-bond acceptors (Lipinski definition) is 5. The molecule has 3 aromatic rings. The molecule has 0 amide bonds. The lowest BCUT2D eigenvalue weighted by molar-refractivity contribution is 0.442. The summed E-state index contributed by atoms with van der Waals surface area (Å²) in [4.78, 5) is 12.5. The van der Waals surface area contributed by atoms with Crippen molar-refractivity contribution >= 4 is 0 Å². The van der Waals surface area contributed by atoms with E-state index in [-0.39, 0.29) is 6.01 Å². The number of hydrogen-bond donors (Lipinski definition) is 0. The van der Waals surface area contributed by atoms with E-state index >= 15 is 0 Å². The molecule has 0 N–H and O–H groups in total. The molecule has 0 fully saturated rings. The first-order chi connectivity index (χ1) is 10.3. The molecule has 0 bridgehead atoms. The van der Waals surface area contributed by atoms with Crippen molar-refractivity contribution in [2.24, 2.45) is 0 Å². The predicted octanol–water partition coefficient (Wildman–Crippen LogP) is 3.20. The summed E-state index contributed by atoms with van der Waals surface area (Å²) in [6, 6.07) is 16.8. The average Bonchev–Trinajstić information content (AvgIpc) is 2.56. The van der Waals surface area contributed by atoms with Crippen LogP contribution < -0.4 is 4.74 Å². The van der Waals surface area contributed by atoms with Gasteiger partial charge in [0.05, 0.1) is 5.69 Å². The minimum absolute atomic E-state index is 0.265. The lowest BCUT2D eigenvalue weighted by Crippen LogP contribution is -1.93. The van der Waals surface area contributed by atoms with Crippen LogP contribution in [-0.2, 0) is 0 Å². The fourth-order valence-corrected chi connectivity index (χ4v) is 1.75. The molecule has 0 atom stereocenters. The number of nitrogens with zero attached hydrogens (tertiary/aromatic N) is 4. The van der Waals surface area contributed by atoms with E-state index in [1.807, 2.05) is 36.4 Å². The summed E-state index contributed by atoms with van der Waals surface area (Å²) in [6.07, 6.45) is 3.24. The molecule has 5 nitrogen and oxygen atoms in total. The second-order valence-electron chi connectivity index (χ2n) is 4.19. The van der Waals surface area contributed by atoms with E-state index in [4.69, 9.17) is 10.00 Å². The summed E-state index contributed by atoms with van der Waals surface area (Å²) in [7, 11) is 0. The highest BCUT2D eigenvalue weighted by Gasteiger charge is 2.04. The predicted molar refractivity (Wildman–Crippen MR) is 76.5 cm³/mol. The molecule has 0 saturated carbocycles. The average molecular weight is 274 g/mol. The van der Waals surface area contributed by atoms with E-state index in [0.717, 1.165) is 5.56 Å². The number of para-hydroxylation sites is 1. The standard InChI is InChI=1S/C16H10N4O/c17-9-13-5-4-8-15(20-13)12-10-18-16(19-11-12)21-14-6-2-1-3-7-14/h1-8,10-11H. The van der Waals surface area contributed by atoms with Crippen molar-refractivity contribution in [1.29, 1.82) is 5.26 Å². The molecule has 5 heteroatoms. The molecule has 1 aromatic carbocycles. The van der Waals surface area contributed by atoms with E-state index < -0.39 is 0 Å². The molecular formula is C16H10N4O. The van der Waals surface area contributed by atoms with Crippen LogP contribution in [0.2, 0.25) is 0 Å². The molecular weight excluding hydrogens is 264 g/mol. The summed E-state index contributed by atoms with van der Waals surface area (Å²) in [5, 5.41) is 8.85. The lowest BCUT2D eigenvalue weighted by atomic mass is 10.2. The van der Waals surface area contributed by atoms with Gasteiger partial charge in [0.15, 0.2) is 0 Å². The zero-order valence-electron chi connectivity index (χ0n) is 11.0. The number of nitriles is 1. The molecule has 0 radical (unpaired) electrons. The third kappa shape index (κ3) is 3.01. The van der Waals surface area contributed by atoms with E-state index in [2.05, 4.69) is 15.0 Å². The van der Waals surface area contributed by atoms with E-state index in [1.54, 1.807) is 30.6 Å². The summed E-state index contributed by atoms with van der Waals surface area (Å²) < 4.78 is 5.52. The Hall–Kier alpha value is -3.26. The van der Waals surface area contributed by atoms with Crippen molar-refractivity contribution in [1.82, 2.24) is 15.0 Å². The van der Waals surface area contributed by atoms with Gasteiger partial charge in [-0.1, -0.05) is 24.3 Å². The van der Waals surface area contributed by atoms with Gasteiger partial charge in [0.2, 0.25) is 0 Å². The smallest absolute Gasteiger partial charge is 0.321 e. The highest BCUT2D eigenvalue weighted by Crippen LogP contribution is 2.19. The highest BCUT2D eigenvalue weighted by atomic mass is 16.5. The Bertz CT molecular complexity index is 779. The van der Waals surface area contributed by atoms with Gasteiger partial charge in [0, 0.05) is 18.0 Å². The van der Waals surface area contributed by atoms with Crippen LogP contribution in [0.15, 0.2) is 60.9 Å². The van der Waals surface area contributed by atoms with Crippen LogP contribution in [-0.4, -0.2) is 15.0 Å². The zero-order chi connectivity index (χ0) is 14.5. The molecule has 21 heavy (non-hydrogen) atoms. The quantitative estimate of drug-likeness (QED) is 0.733. The number of rotatable bonds is 3. The fourth-order valence-electron chi connectivity index (χ4n) is 1.75. The van der Waals surface area contributed by atoms with E-state index in [1.165, 1.54) is 0 Å². The Morgan fingerprint density at radius 1 is 0.905 bits per heavy atom. The van der Waals surface area contributed by atoms with Gasteiger partial charge in [0.25, 0.3) is 0 Å². The van der Waals surface area contributed by atoms with Crippen LogP contribution in [0.25, 0.3) is 11.3 Å². The third-order valence-corrected chi connectivity index (χ3v) is 2.74. The Labute approximate surface area is 121 Å². The SMILES string of the molecule is N#Cc1cccc(-c2cnc(Oc3ccccc3)nc2)n1. The molecule has 0 saturated heterocycles. The summed E-state index contributed by atoms with van der Waals surface area (Å²) in [5.41, 5.74) is 1.74. The summed E-state index contributed by atoms with van der Waals surface area (Å²) in [6.45, 7) is 0. The van der Waals surface area contributed by atoms with Crippen molar-refractivity contribution in [3.8, 4) is 29.1 Å². The van der Waals surface area contributed by atoms with Gasteiger partial charge < -0.3 is 4.74 Å². The van der Waals surface area contributed by atoms with Gasteiger partial charge in [-0.05, 0) is 24.3 Å². The fraction of sp³-hybridized carbons (Fsp3) is 0. The Morgan fingerprint density at radius 2 is 1.67 bits per heavy atom. The molecule has 100 valence electrons. The molecule has 0 unspecified atom stereocenters.